The van der Waals surface area contributed by atoms with Crippen LogP contribution < -0.4 is 4.74 Å². The third-order valence-corrected chi connectivity index (χ3v) is 5.65. The fraction of sp³-hybridized carbons (Fsp3) is 0.536. The Morgan fingerprint density at radius 2 is 1.73 bits per heavy atom. The molecular formula is C28H42N2O3. The Labute approximate surface area is 200 Å². The van der Waals surface area contributed by atoms with Crippen LogP contribution in [0.5, 0.6) is 5.75 Å². The van der Waals surface area contributed by atoms with Crippen LogP contribution in [0, 0.1) is 5.92 Å². The van der Waals surface area contributed by atoms with Crippen LogP contribution in [0.15, 0.2) is 54.6 Å². The van der Waals surface area contributed by atoms with Crippen LogP contribution >= 0.6 is 0 Å². The van der Waals surface area contributed by atoms with E-state index in [-0.39, 0.29) is 12.2 Å². The zero-order valence-electron chi connectivity index (χ0n) is 21.5. The molecule has 0 radical (unpaired) electrons. The molecule has 0 bridgehead atoms. The average Bonchev–Trinajstić information content (AvgIpc) is 2.76. The highest BCUT2D eigenvalue weighted by atomic mass is 16.6. The molecule has 182 valence electrons. The van der Waals surface area contributed by atoms with Gasteiger partial charge in [-0.1, -0.05) is 62.7 Å². The lowest BCUT2D eigenvalue weighted by Crippen LogP contribution is -2.37. The van der Waals surface area contributed by atoms with Crippen molar-refractivity contribution in [3.63, 3.8) is 0 Å². The summed E-state index contributed by atoms with van der Waals surface area (Å²) in [5, 5.41) is 0. The summed E-state index contributed by atoms with van der Waals surface area (Å²) in [4.78, 5) is 16.5. The summed E-state index contributed by atoms with van der Waals surface area (Å²) in [7, 11) is 3.91. The van der Waals surface area contributed by atoms with E-state index < -0.39 is 5.60 Å². The smallest absolute Gasteiger partial charge is 0.410 e. The van der Waals surface area contributed by atoms with Crippen LogP contribution in [0.4, 0.5) is 4.79 Å². The summed E-state index contributed by atoms with van der Waals surface area (Å²) in [5.41, 5.74) is 1.69. The summed E-state index contributed by atoms with van der Waals surface area (Å²) >= 11 is 0. The third-order valence-electron chi connectivity index (χ3n) is 5.65. The van der Waals surface area contributed by atoms with Crippen molar-refractivity contribution in [1.82, 2.24) is 9.80 Å². The number of amides is 1. The molecule has 0 fully saturated rings. The van der Waals surface area contributed by atoms with Gasteiger partial charge in [-0.3, -0.25) is 0 Å². The number of carbonyl (C=O) groups is 1. The molecule has 0 saturated carbocycles. The zero-order valence-corrected chi connectivity index (χ0v) is 21.5. The average molecular weight is 455 g/mol. The number of nitrogens with zero attached hydrogens (tertiary/aromatic N) is 2. The quantitative estimate of drug-likeness (QED) is 0.386. The minimum Gasteiger partial charge on any atom is -0.484 e. The van der Waals surface area contributed by atoms with Gasteiger partial charge < -0.3 is 19.3 Å². The van der Waals surface area contributed by atoms with Crippen LogP contribution in [0.3, 0.4) is 0 Å². The van der Waals surface area contributed by atoms with Crippen molar-refractivity contribution < 1.29 is 14.3 Å². The molecule has 0 saturated heterocycles. The lowest BCUT2D eigenvalue weighted by atomic mass is 10.1. The van der Waals surface area contributed by atoms with Gasteiger partial charge >= 0.3 is 6.09 Å². The molecule has 0 aliphatic carbocycles. The molecule has 2 rings (SSSR count). The van der Waals surface area contributed by atoms with Gasteiger partial charge in [-0.15, -0.1) is 0 Å². The van der Waals surface area contributed by atoms with E-state index in [2.05, 4.69) is 37.9 Å². The standard InChI is InChI=1S/C28H42N2O3/c1-8-22(2)17-18-29(6)20-23-13-12-16-25(19-23)32-26(24-14-10-9-11-15-24)21-30(7)27(31)33-28(3,4)5/h9-16,19,22,26H,8,17-18,20-21H2,1-7H3. The molecule has 0 spiro atoms. The molecule has 1 amide bonds. The zero-order chi connectivity index (χ0) is 24.4. The molecule has 2 aromatic carbocycles. The molecule has 0 aliphatic rings. The minimum absolute atomic E-state index is 0.304. The molecule has 5 heteroatoms. The molecular weight excluding hydrogens is 412 g/mol. The second-order valence-corrected chi connectivity index (χ2v) is 10.1. The predicted molar refractivity (Wildman–Crippen MR) is 136 cm³/mol. The molecule has 0 aliphatic heterocycles. The molecule has 5 nitrogen and oxygen atoms in total. The lowest BCUT2D eigenvalue weighted by Gasteiger charge is -2.28. The first kappa shape index (κ1) is 26.7. The van der Waals surface area contributed by atoms with Gasteiger partial charge in [0.1, 0.15) is 17.5 Å². The normalized spacial score (nSPS) is 13.5. The van der Waals surface area contributed by atoms with Gasteiger partial charge in [0.25, 0.3) is 0 Å². The number of benzene rings is 2. The number of hydrogen-bond donors (Lipinski definition) is 0. The first-order chi connectivity index (χ1) is 15.6. The summed E-state index contributed by atoms with van der Waals surface area (Å²) in [6.45, 7) is 12.5. The number of rotatable bonds is 11. The Kier molecular flexibility index (Phi) is 10.2. The monoisotopic (exact) mass is 454 g/mol. The molecule has 33 heavy (non-hydrogen) atoms. The highest BCUT2D eigenvalue weighted by molar-refractivity contribution is 5.67. The fourth-order valence-corrected chi connectivity index (χ4v) is 3.46. The van der Waals surface area contributed by atoms with Crippen molar-refractivity contribution in [2.24, 2.45) is 5.92 Å². The fourth-order valence-electron chi connectivity index (χ4n) is 3.46. The van der Waals surface area contributed by atoms with E-state index in [0.717, 1.165) is 30.3 Å². The Balaban J connectivity index is 2.10. The topological polar surface area (TPSA) is 42.0 Å². The molecule has 0 heterocycles. The maximum absolute atomic E-state index is 12.5. The second kappa shape index (κ2) is 12.6. The van der Waals surface area contributed by atoms with Gasteiger partial charge in [0, 0.05) is 13.6 Å². The SMILES string of the molecule is CCC(C)CCN(C)Cc1cccc(OC(CN(C)C(=O)OC(C)(C)C)c2ccccc2)c1. The van der Waals surface area contributed by atoms with Crippen molar-refractivity contribution in [3.05, 3.63) is 65.7 Å². The molecule has 2 atom stereocenters. The lowest BCUT2D eigenvalue weighted by molar-refractivity contribution is 0.0226. The molecule has 0 aromatic heterocycles. The molecule has 2 unspecified atom stereocenters. The van der Waals surface area contributed by atoms with Gasteiger partial charge in [-0.25, -0.2) is 4.79 Å². The van der Waals surface area contributed by atoms with Crippen molar-refractivity contribution in [3.8, 4) is 5.75 Å². The molecule has 0 N–H and O–H groups in total. The first-order valence-corrected chi connectivity index (χ1v) is 12.0. The van der Waals surface area contributed by atoms with E-state index >= 15 is 0 Å². The second-order valence-electron chi connectivity index (χ2n) is 10.1. The van der Waals surface area contributed by atoms with E-state index in [4.69, 9.17) is 9.47 Å². The van der Waals surface area contributed by atoms with Gasteiger partial charge in [0.05, 0.1) is 6.54 Å². The van der Waals surface area contributed by atoms with Crippen molar-refractivity contribution in [1.29, 1.82) is 0 Å². The number of carbonyl (C=O) groups excluding carboxylic acids is 1. The van der Waals surface area contributed by atoms with Crippen molar-refractivity contribution in [2.75, 3.05) is 27.2 Å². The first-order valence-electron chi connectivity index (χ1n) is 12.0. The van der Waals surface area contributed by atoms with Crippen LogP contribution in [0.1, 0.15) is 64.7 Å². The van der Waals surface area contributed by atoms with E-state index in [9.17, 15) is 4.79 Å². The summed E-state index contributed by atoms with van der Waals surface area (Å²) in [5.74, 6) is 1.55. The molecule has 2 aromatic rings. The predicted octanol–water partition coefficient (Wildman–Crippen LogP) is 6.54. The minimum atomic E-state index is -0.538. The van der Waals surface area contributed by atoms with Crippen LogP contribution in [0.2, 0.25) is 0 Å². The van der Waals surface area contributed by atoms with Gasteiger partial charge in [-0.2, -0.15) is 0 Å². The van der Waals surface area contributed by atoms with E-state index in [1.54, 1.807) is 11.9 Å². The van der Waals surface area contributed by atoms with Crippen molar-refractivity contribution >= 4 is 6.09 Å². The number of hydrogen-bond acceptors (Lipinski definition) is 4. The highest BCUT2D eigenvalue weighted by Crippen LogP contribution is 2.25. The Bertz CT molecular complexity index is 848. The van der Waals surface area contributed by atoms with E-state index in [0.29, 0.717) is 6.54 Å². The maximum atomic E-state index is 12.5. The summed E-state index contributed by atoms with van der Waals surface area (Å²) in [6, 6.07) is 18.3. The van der Waals surface area contributed by atoms with Crippen LogP contribution in [0.25, 0.3) is 0 Å². The maximum Gasteiger partial charge on any atom is 0.410 e. The van der Waals surface area contributed by atoms with Crippen LogP contribution in [-0.2, 0) is 11.3 Å². The Hall–Kier alpha value is -2.53. The number of likely N-dealkylation sites (N-methyl/N-ethyl adjacent to an activating group) is 1. The number of ether oxygens (including phenoxy) is 2. The highest BCUT2D eigenvalue weighted by Gasteiger charge is 2.24. The summed E-state index contributed by atoms with van der Waals surface area (Å²) in [6.07, 6.45) is 1.76. The van der Waals surface area contributed by atoms with Gasteiger partial charge in [0.2, 0.25) is 0 Å². The third kappa shape index (κ3) is 9.87. The van der Waals surface area contributed by atoms with Crippen molar-refractivity contribution in [2.45, 2.75) is 65.7 Å². The summed E-state index contributed by atoms with van der Waals surface area (Å²) < 4.78 is 11.9. The Morgan fingerprint density at radius 1 is 1.03 bits per heavy atom. The van der Waals surface area contributed by atoms with Gasteiger partial charge in [0.15, 0.2) is 0 Å². The van der Waals surface area contributed by atoms with E-state index in [1.165, 1.54) is 18.4 Å². The largest absolute Gasteiger partial charge is 0.484 e. The van der Waals surface area contributed by atoms with Crippen LogP contribution in [-0.4, -0.2) is 48.7 Å². The Morgan fingerprint density at radius 3 is 2.36 bits per heavy atom. The van der Waals surface area contributed by atoms with E-state index in [1.807, 2.05) is 63.2 Å². The van der Waals surface area contributed by atoms with Gasteiger partial charge in [-0.05, 0) is 70.0 Å².